The van der Waals surface area contributed by atoms with Crippen LogP contribution in [0.3, 0.4) is 0 Å². The molecule has 0 spiro atoms. The van der Waals surface area contributed by atoms with E-state index < -0.39 is 5.41 Å². The van der Waals surface area contributed by atoms with Gasteiger partial charge in [0.15, 0.2) is 5.78 Å². The number of aldehydes is 1. The van der Waals surface area contributed by atoms with Crippen molar-refractivity contribution < 1.29 is 14.4 Å². The van der Waals surface area contributed by atoms with E-state index in [0.717, 1.165) is 19.1 Å². The van der Waals surface area contributed by atoms with E-state index >= 15 is 0 Å². The van der Waals surface area contributed by atoms with Crippen LogP contribution < -0.4 is 0 Å². The maximum absolute atomic E-state index is 12.9. The van der Waals surface area contributed by atoms with Crippen molar-refractivity contribution in [2.45, 2.75) is 53.4 Å². The zero-order valence-electron chi connectivity index (χ0n) is 14.5. The number of hydrogen-bond acceptors (Lipinski definition) is 3. The Bertz CT molecular complexity index is 639. The zero-order chi connectivity index (χ0) is 17.0. The molecule has 0 aromatic heterocycles. The normalized spacial score (nSPS) is 40.2. The molecular formula is C20H26O3. The number of carbonyl (C=O) groups excluding carboxylic acids is 3. The molecule has 23 heavy (non-hydrogen) atoms. The Hall–Kier alpha value is -1.51. The van der Waals surface area contributed by atoms with E-state index in [9.17, 15) is 14.4 Å². The van der Waals surface area contributed by atoms with Gasteiger partial charge in [0.25, 0.3) is 0 Å². The Balaban J connectivity index is 2.10. The molecule has 3 nitrogen and oxygen atoms in total. The van der Waals surface area contributed by atoms with Gasteiger partial charge in [-0.05, 0) is 48.7 Å². The third-order valence-corrected chi connectivity index (χ3v) is 6.74. The summed E-state index contributed by atoms with van der Waals surface area (Å²) in [7, 11) is 0. The molecule has 4 atom stereocenters. The first-order valence-electron chi connectivity index (χ1n) is 8.67. The lowest BCUT2D eigenvalue weighted by atomic mass is 9.51. The lowest BCUT2D eigenvalue weighted by Crippen LogP contribution is -2.50. The molecule has 0 saturated heterocycles. The Kier molecular flexibility index (Phi) is 3.74. The van der Waals surface area contributed by atoms with Gasteiger partial charge in [-0.3, -0.25) is 14.4 Å². The van der Waals surface area contributed by atoms with Gasteiger partial charge in [0.2, 0.25) is 0 Å². The monoisotopic (exact) mass is 314 g/mol. The SMILES string of the molecule is CC(C)C1=CC(=O)[C@]2(C)CC[C@@]3(C)C(=O)CC(C=O)=CC[C@@H]3[C@H]12. The highest BCUT2D eigenvalue weighted by Gasteiger charge is 2.60. The molecule has 0 N–H and O–H groups in total. The van der Waals surface area contributed by atoms with Crippen LogP contribution in [-0.4, -0.2) is 17.9 Å². The summed E-state index contributed by atoms with van der Waals surface area (Å²) in [5.74, 6) is 0.944. The fraction of sp³-hybridized carbons (Fsp3) is 0.650. The Morgan fingerprint density at radius 2 is 1.83 bits per heavy atom. The summed E-state index contributed by atoms with van der Waals surface area (Å²) in [6, 6.07) is 0. The predicted molar refractivity (Wildman–Crippen MR) is 88.7 cm³/mol. The van der Waals surface area contributed by atoms with Crippen molar-refractivity contribution >= 4 is 17.9 Å². The first-order valence-corrected chi connectivity index (χ1v) is 8.67. The summed E-state index contributed by atoms with van der Waals surface area (Å²) >= 11 is 0. The minimum absolute atomic E-state index is 0.117. The molecule has 0 unspecified atom stereocenters. The van der Waals surface area contributed by atoms with Crippen LogP contribution in [0.15, 0.2) is 23.3 Å². The van der Waals surface area contributed by atoms with Crippen LogP contribution in [0.5, 0.6) is 0 Å². The predicted octanol–water partition coefficient (Wildman–Crippen LogP) is 3.68. The molecule has 1 fully saturated rings. The molecule has 0 aromatic rings. The molecular weight excluding hydrogens is 288 g/mol. The van der Waals surface area contributed by atoms with Crippen molar-refractivity contribution in [3.63, 3.8) is 0 Å². The number of allylic oxidation sites excluding steroid dienone is 4. The number of carbonyl (C=O) groups is 3. The number of rotatable bonds is 2. The van der Waals surface area contributed by atoms with E-state index in [0.29, 0.717) is 17.9 Å². The molecule has 3 rings (SSSR count). The number of hydrogen-bond donors (Lipinski definition) is 0. The third kappa shape index (κ3) is 2.20. The summed E-state index contributed by atoms with van der Waals surface area (Å²) in [5.41, 5.74) is 1.00. The molecule has 124 valence electrons. The summed E-state index contributed by atoms with van der Waals surface area (Å²) in [5, 5.41) is 0. The Morgan fingerprint density at radius 3 is 2.43 bits per heavy atom. The van der Waals surface area contributed by atoms with Gasteiger partial charge in [-0.1, -0.05) is 39.3 Å². The molecule has 0 heterocycles. The van der Waals surface area contributed by atoms with Gasteiger partial charge >= 0.3 is 0 Å². The van der Waals surface area contributed by atoms with Crippen molar-refractivity contribution in [1.29, 1.82) is 0 Å². The molecule has 3 aliphatic rings. The van der Waals surface area contributed by atoms with Crippen LogP contribution in [0.4, 0.5) is 0 Å². The molecule has 0 bridgehead atoms. The van der Waals surface area contributed by atoms with Gasteiger partial charge in [-0.25, -0.2) is 0 Å². The van der Waals surface area contributed by atoms with E-state index in [1.165, 1.54) is 5.57 Å². The first-order chi connectivity index (χ1) is 10.7. The van der Waals surface area contributed by atoms with Gasteiger partial charge < -0.3 is 0 Å². The summed E-state index contributed by atoms with van der Waals surface area (Å²) in [6.07, 6.45) is 7.07. The van der Waals surface area contributed by atoms with Gasteiger partial charge in [0, 0.05) is 17.3 Å². The minimum atomic E-state index is -0.427. The number of fused-ring (bicyclic) bond motifs is 3. The van der Waals surface area contributed by atoms with Gasteiger partial charge in [-0.2, -0.15) is 0 Å². The van der Waals surface area contributed by atoms with Gasteiger partial charge in [0.1, 0.15) is 12.1 Å². The van der Waals surface area contributed by atoms with Gasteiger partial charge in [-0.15, -0.1) is 0 Å². The molecule has 0 radical (unpaired) electrons. The van der Waals surface area contributed by atoms with Crippen molar-refractivity contribution in [2.24, 2.45) is 28.6 Å². The second-order valence-corrected chi connectivity index (χ2v) is 8.31. The quantitative estimate of drug-likeness (QED) is 0.731. The van der Waals surface area contributed by atoms with Crippen molar-refractivity contribution in [3.05, 3.63) is 23.3 Å². The zero-order valence-corrected chi connectivity index (χ0v) is 14.5. The van der Waals surface area contributed by atoms with E-state index in [-0.39, 0.29) is 35.2 Å². The van der Waals surface area contributed by atoms with E-state index in [4.69, 9.17) is 0 Å². The molecule has 0 aromatic carbocycles. The second-order valence-electron chi connectivity index (χ2n) is 8.31. The summed E-state index contributed by atoms with van der Waals surface area (Å²) < 4.78 is 0. The van der Waals surface area contributed by atoms with Crippen LogP contribution in [-0.2, 0) is 14.4 Å². The highest BCUT2D eigenvalue weighted by atomic mass is 16.1. The fourth-order valence-corrected chi connectivity index (χ4v) is 5.05. The highest BCUT2D eigenvalue weighted by molar-refractivity contribution is 6.00. The largest absolute Gasteiger partial charge is 0.299 e. The molecule has 1 saturated carbocycles. The average molecular weight is 314 g/mol. The maximum atomic E-state index is 12.9. The number of ketones is 2. The standard InChI is InChI=1S/C20H26O3/c1-12(2)14-10-17(23)20(4)8-7-19(3)15(18(14)20)6-5-13(11-21)9-16(19)22/h5,10-12,15,18H,6-9H2,1-4H3/t15-,18+,19-,20+/m1/s1. The van der Waals surface area contributed by atoms with Crippen molar-refractivity contribution in [1.82, 2.24) is 0 Å². The minimum Gasteiger partial charge on any atom is -0.299 e. The highest BCUT2D eigenvalue weighted by Crippen LogP contribution is 2.61. The fourth-order valence-electron chi connectivity index (χ4n) is 5.05. The summed E-state index contributed by atoms with van der Waals surface area (Å²) in [6.45, 7) is 8.39. The lowest BCUT2D eigenvalue weighted by Gasteiger charge is -2.51. The van der Waals surface area contributed by atoms with Crippen LogP contribution in [0.25, 0.3) is 0 Å². The van der Waals surface area contributed by atoms with Gasteiger partial charge in [0.05, 0.1) is 0 Å². The van der Waals surface area contributed by atoms with E-state index in [2.05, 4.69) is 27.7 Å². The number of Topliss-reactive ketones (excluding diaryl/α,β-unsaturated/α-hetero) is 1. The molecule has 0 aliphatic heterocycles. The summed E-state index contributed by atoms with van der Waals surface area (Å²) in [4.78, 5) is 36.8. The maximum Gasteiger partial charge on any atom is 0.162 e. The first kappa shape index (κ1) is 16.4. The Morgan fingerprint density at radius 1 is 1.17 bits per heavy atom. The van der Waals surface area contributed by atoms with Crippen molar-refractivity contribution in [2.75, 3.05) is 0 Å². The molecule has 0 amide bonds. The third-order valence-electron chi connectivity index (χ3n) is 6.74. The average Bonchev–Trinajstić information content (AvgIpc) is 2.69. The Labute approximate surface area is 138 Å². The topological polar surface area (TPSA) is 51.2 Å². The second kappa shape index (κ2) is 5.25. The van der Waals surface area contributed by atoms with E-state index in [1.807, 2.05) is 12.2 Å². The lowest BCUT2D eigenvalue weighted by molar-refractivity contribution is -0.142. The van der Waals surface area contributed by atoms with E-state index in [1.54, 1.807) is 0 Å². The van der Waals surface area contributed by atoms with Crippen LogP contribution in [0.1, 0.15) is 53.4 Å². The van der Waals surface area contributed by atoms with Crippen LogP contribution >= 0.6 is 0 Å². The molecule has 3 heteroatoms. The van der Waals surface area contributed by atoms with Crippen LogP contribution in [0, 0.1) is 28.6 Å². The molecule has 3 aliphatic carbocycles. The van der Waals surface area contributed by atoms with Crippen molar-refractivity contribution in [3.8, 4) is 0 Å². The smallest absolute Gasteiger partial charge is 0.162 e. The van der Waals surface area contributed by atoms with Crippen LogP contribution in [0.2, 0.25) is 0 Å².